The van der Waals surface area contributed by atoms with Crippen LogP contribution in [0.25, 0.3) is 0 Å². The van der Waals surface area contributed by atoms with Crippen LogP contribution in [-0.2, 0) is 4.79 Å². The van der Waals surface area contributed by atoms with Crippen LogP contribution in [0.2, 0.25) is 0 Å². The molecule has 0 unspecified atom stereocenters. The van der Waals surface area contributed by atoms with E-state index in [1.807, 2.05) is 30.3 Å². The number of halogens is 1. The van der Waals surface area contributed by atoms with E-state index in [2.05, 4.69) is 5.32 Å². The SMILES string of the molecule is COc1cccc(SCC(=O)N[C@H](C#N)c2ccccc2F)c1. The zero-order valence-corrected chi connectivity index (χ0v) is 13.3. The number of benzene rings is 2. The van der Waals surface area contributed by atoms with Gasteiger partial charge in [0.1, 0.15) is 17.6 Å². The highest BCUT2D eigenvalue weighted by Gasteiger charge is 2.17. The Bertz CT molecular complexity index is 731. The summed E-state index contributed by atoms with van der Waals surface area (Å²) in [4.78, 5) is 12.9. The second-order valence-corrected chi connectivity index (χ2v) is 5.67. The highest BCUT2D eigenvalue weighted by atomic mass is 32.2. The number of carbonyl (C=O) groups is 1. The first-order valence-electron chi connectivity index (χ1n) is 6.84. The largest absolute Gasteiger partial charge is 0.497 e. The number of methoxy groups -OCH3 is 1. The first-order valence-corrected chi connectivity index (χ1v) is 7.83. The van der Waals surface area contributed by atoms with Crippen molar-refractivity contribution in [1.29, 1.82) is 5.26 Å². The van der Waals surface area contributed by atoms with Crippen molar-refractivity contribution in [3.8, 4) is 11.8 Å². The quantitative estimate of drug-likeness (QED) is 0.826. The van der Waals surface area contributed by atoms with Crippen LogP contribution < -0.4 is 10.1 Å². The second-order valence-electron chi connectivity index (χ2n) is 4.62. The van der Waals surface area contributed by atoms with Gasteiger partial charge in [0, 0.05) is 10.5 Å². The van der Waals surface area contributed by atoms with Crippen molar-refractivity contribution in [2.24, 2.45) is 0 Å². The molecule has 0 saturated carbocycles. The lowest BCUT2D eigenvalue weighted by Crippen LogP contribution is -2.29. The van der Waals surface area contributed by atoms with Crippen LogP contribution in [0.3, 0.4) is 0 Å². The highest BCUT2D eigenvalue weighted by molar-refractivity contribution is 8.00. The van der Waals surface area contributed by atoms with E-state index < -0.39 is 11.9 Å². The number of amides is 1. The predicted molar refractivity (Wildman–Crippen MR) is 86.6 cm³/mol. The molecule has 1 amide bonds. The maximum Gasteiger partial charge on any atom is 0.231 e. The van der Waals surface area contributed by atoms with Gasteiger partial charge in [-0.2, -0.15) is 5.26 Å². The lowest BCUT2D eigenvalue weighted by molar-refractivity contribution is -0.118. The molecule has 6 heteroatoms. The Kier molecular flexibility index (Phi) is 6.01. The number of hydrogen-bond donors (Lipinski definition) is 1. The second kappa shape index (κ2) is 8.20. The van der Waals surface area contributed by atoms with E-state index in [1.54, 1.807) is 13.2 Å². The Labute approximate surface area is 138 Å². The topological polar surface area (TPSA) is 62.1 Å². The molecule has 0 fully saturated rings. The fourth-order valence-corrected chi connectivity index (χ4v) is 2.69. The molecule has 0 bridgehead atoms. The number of carbonyl (C=O) groups excluding carboxylic acids is 1. The molecule has 0 aliphatic carbocycles. The summed E-state index contributed by atoms with van der Waals surface area (Å²) in [5.41, 5.74) is 0.162. The van der Waals surface area contributed by atoms with Gasteiger partial charge in [-0.15, -0.1) is 11.8 Å². The third-order valence-electron chi connectivity index (χ3n) is 3.06. The van der Waals surface area contributed by atoms with Crippen molar-refractivity contribution in [2.75, 3.05) is 12.9 Å². The Balaban J connectivity index is 1.95. The summed E-state index contributed by atoms with van der Waals surface area (Å²) in [7, 11) is 1.57. The van der Waals surface area contributed by atoms with Crippen LogP contribution in [0.4, 0.5) is 4.39 Å². The summed E-state index contributed by atoms with van der Waals surface area (Å²) in [6, 6.07) is 14.1. The van der Waals surface area contributed by atoms with E-state index in [0.29, 0.717) is 5.75 Å². The average Bonchev–Trinajstić information content (AvgIpc) is 2.59. The lowest BCUT2D eigenvalue weighted by atomic mass is 10.1. The van der Waals surface area contributed by atoms with Crippen LogP contribution in [0.15, 0.2) is 53.4 Å². The Morgan fingerprint density at radius 1 is 1.35 bits per heavy atom. The normalized spacial score (nSPS) is 11.3. The highest BCUT2D eigenvalue weighted by Crippen LogP contribution is 2.23. The zero-order chi connectivity index (χ0) is 16.7. The summed E-state index contributed by atoms with van der Waals surface area (Å²) in [5, 5.41) is 11.7. The van der Waals surface area contributed by atoms with Crippen LogP contribution in [0, 0.1) is 17.1 Å². The third kappa shape index (κ3) is 4.73. The van der Waals surface area contributed by atoms with Crippen molar-refractivity contribution in [2.45, 2.75) is 10.9 Å². The molecule has 118 valence electrons. The maximum absolute atomic E-state index is 13.7. The monoisotopic (exact) mass is 330 g/mol. The first kappa shape index (κ1) is 16.8. The molecule has 1 N–H and O–H groups in total. The molecule has 0 aromatic heterocycles. The molecule has 2 aromatic carbocycles. The average molecular weight is 330 g/mol. The van der Waals surface area contributed by atoms with Crippen LogP contribution in [-0.4, -0.2) is 18.8 Å². The lowest BCUT2D eigenvalue weighted by Gasteiger charge is -2.12. The number of rotatable bonds is 6. The molecule has 0 spiro atoms. The number of nitrogens with one attached hydrogen (secondary N) is 1. The van der Waals surface area contributed by atoms with Gasteiger partial charge in [0.2, 0.25) is 5.91 Å². The number of thioether (sulfide) groups is 1. The maximum atomic E-state index is 13.7. The van der Waals surface area contributed by atoms with Crippen LogP contribution in [0.1, 0.15) is 11.6 Å². The summed E-state index contributed by atoms with van der Waals surface area (Å²) in [6.07, 6.45) is 0. The molecule has 4 nitrogen and oxygen atoms in total. The molecule has 2 aromatic rings. The summed E-state index contributed by atoms with van der Waals surface area (Å²) >= 11 is 1.31. The van der Waals surface area contributed by atoms with Crippen LogP contribution >= 0.6 is 11.8 Å². The minimum Gasteiger partial charge on any atom is -0.497 e. The van der Waals surface area contributed by atoms with Gasteiger partial charge in [-0.1, -0.05) is 24.3 Å². The summed E-state index contributed by atoms with van der Waals surface area (Å²) < 4.78 is 18.8. The van der Waals surface area contributed by atoms with Gasteiger partial charge in [0.25, 0.3) is 0 Å². The van der Waals surface area contributed by atoms with Gasteiger partial charge >= 0.3 is 0 Å². The molecule has 0 aliphatic heterocycles. The van der Waals surface area contributed by atoms with Crippen molar-refractivity contribution in [3.05, 3.63) is 59.9 Å². The van der Waals surface area contributed by atoms with Gasteiger partial charge in [0.05, 0.1) is 18.9 Å². The van der Waals surface area contributed by atoms with Gasteiger partial charge in [-0.25, -0.2) is 4.39 Å². The van der Waals surface area contributed by atoms with E-state index in [0.717, 1.165) is 4.90 Å². The van der Waals surface area contributed by atoms with E-state index in [9.17, 15) is 9.18 Å². The smallest absolute Gasteiger partial charge is 0.231 e. The van der Waals surface area contributed by atoms with Gasteiger partial charge in [-0.3, -0.25) is 4.79 Å². The standard InChI is InChI=1S/C17H15FN2O2S/c1-22-12-5-4-6-13(9-12)23-11-17(21)20-16(10-19)14-7-2-3-8-15(14)18/h2-9,16H,11H2,1H3,(H,20,21)/t16-/m1/s1. The number of nitriles is 1. The number of hydrogen-bond acceptors (Lipinski definition) is 4. The van der Waals surface area contributed by atoms with E-state index in [1.165, 1.54) is 30.0 Å². The predicted octanol–water partition coefficient (Wildman–Crippen LogP) is 3.31. The van der Waals surface area contributed by atoms with Crippen molar-refractivity contribution in [3.63, 3.8) is 0 Å². The van der Waals surface area contributed by atoms with Gasteiger partial charge in [0.15, 0.2) is 0 Å². The zero-order valence-electron chi connectivity index (χ0n) is 12.5. The van der Waals surface area contributed by atoms with Gasteiger partial charge in [-0.05, 0) is 24.3 Å². The third-order valence-corrected chi connectivity index (χ3v) is 4.06. The van der Waals surface area contributed by atoms with Crippen LogP contribution in [0.5, 0.6) is 5.75 Å². The summed E-state index contributed by atoms with van der Waals surface area (Å²) in [6.45, 7) is 0. The summed E-state index contributed by atoms with van der Waals surface area (Å²) in [5.74, 6) is -0.0242. The van der Waals surface area contributed by atoms with Crippen molar-refractivity contribution < 1.29 is 13.9 Å². The molecule has 23 heavy (non-hydrogen) atoms. The molecule has 0 radical (unpaired) electrons. The van der Waals surface area contributed by atoms with E-state index in [-0.39, 0.29) is 17.2 Å². The fraction of sp³-hybridized carbons (Fsp3) is 0.176. The van der Waals surface area contributed by atoms with E-state index in [4.69, 9.17) is 10.00 Å². The Morgan fingerprint density at radius 3 is 2.83 bits per heavy atom. The molecule has 0 aliphatic rings. The van der Waals surface area contributed by atoms with Crippen molar-refractivity contribution >= 4 is 17.7 Å². The molecule has 1 atom stereocenters. The number of nitrogens with zero attached hydrogens (tertiary/aromatic N) is 1. The molecule has 0 heterocycles. The minimum atomic E-state index is -1.00. The Morgan fingerprint density at radius 2 is 2.13 bits per heavy atom. The molecule has 0 saturated heterocycles. The minimum absolute atomic E-state index is 0.125. The number of ether oxygens (including phenoxy) is 1. The van der Waals surface area contributed by atoms with E-state index >= 15 is 0 Å². The van der Waals surface area contributed by atoms with Gasteiger partial charge < -0.3 is 10.1 Å². The van der Waals surface area contributed by atoms with Crippen molar-refractivity contribution in [1.82, 2.24) is 5.32 Å². The first-order chi connectivity index (χ1) is 11.1. The molecular formula is C17H15FN2O2S. The Hall–Kier alpha value is -2.52. The molecule has 2 rings (SSSR count). The molecular weight excluding hydrogens is 315 g/mol. The fourth-order valence-electron chi connectivity index (χ4n) is 1.93.